The maximum atomic E-state index is 13.4. The zero-order valence-electron chi connectivity index (χ0n) is 21.3. The minimum absolute atomic E-state index is 0.0469. The Balaban J connectivity index is 1.45. The van der Waals surface area contributed by atoms with Crippen molar-refractivity contribution in [1.29, 1.82) is 0 Å². The number of ether oxygens (including phenoxy) is 1. The number of nitrogens with one attached hydrogen (secondary N) is 2. The van der Waals surface area contributed by atoms with Gasteiger partial charge in [0.2, 0.25) is 0 Å². The fraction of sp³-hybridized carbons (Fsp3) is 0.481. The molecule has 1 aliphatic heterocycles. The van der Waals surface area contributed by atoms with E-state index >= 15 is 0 Å². The molecule has 2 fully saturated rings. The molecule has 196 valence electrons. The van der Waals surface area contributed by atoms with Crippen molar-refractivity contribution in [2.24, 2.45) is 5.92 Å². The van der Waals surface area contributed by atoms with Gasteiger partial charge in [0.25, 0.3) is 11.8 Å². The molecule has 2 aromatic heterocycles. The van der Waals surface area contributed by atoms with E-state index in [-0.39, 0.29) is 13.1 Å². The third-order valence-electron chi connectivity index (χ3n) is 7.15. The van der Waals surface area contributed by atoms with Crippen molar-refractivity contribution in [2.75, 3.05) is 19.7 Å². The number of aryl methyl sites for hydroxylation is 2. The fourth-order valence-corrected chi connectivity index (χ4v) is 4.82. The number of hydrogen-bond donors (Lipinski definition) is 4. The number of rotatable bonds is 8. The Morgan fingerprint density at radius 2 is 2.05 bits per heavy atom. The van der Waals surface area contributed by atoms with E-state index < -0.39 is 30.1 Å². The van der Waals surface area contributed by atoms with Crippen LogP contribution in [0.15, 0.2) is 24.5 Å². The van der Waals surface area contributed by atoms with Gasteiger partial charge in [-0.3, -0.25) is 9.59 Å². The van der Waals surface area contributed by atoms with Crippen molar-refractivity contribution in [3.8, 4) is 17.0 Å². The molecule has 10 heteroatoms. The summed E-state index contributed by atoms with van der Waals surface area (Å²) in [7, 11) is 0. The van der Waals surface area contributed by atoms with Gasteiger partial charge >= 0.3 is 0 Å². The van der Waals surface area contributed by atoms with E-state index in [2.05, 4.69) is 39.3 Å². The Kier molecular flexibility index (Phi) is 6.87. The highest BCUT2D eigenvalue weighted by Crippen LogP contribution is 2.37. The number of aliphatic hydroxyl groups excluding tert-OH is 2. The first-order chi connectivity index (χ1) is 17.8. The lowest BCUT2D eigenvalue weighted by Crippen LogP contribution is -2.43. The number of fused-ring (bicyclic) bond motifs is 1. The van der Waals surface area contributed by atoms with Crippen LogP contribution < -0.4 is 10.1 Å². The molecule has 10 nitrogen and oxygen atoms in total. The van der Waals surface area contributed by atoms with Crippen molar-refractivity contribution in [3.05, 3.63) is 41.3 Å². The number of nitrogens with zero attached hydrogens (tertiary/aromatic N) is 3. The predicted molar refractivity (Wildman–Crippen MR) is 137 cm³/mol. The summed E-state index contributed by atoms with van der Waals surface area (Å²) in [6.45, 7) is 6.10. The number of aromatic nitrogens is 3. The lowest BCUT2D eigenvalue weighted by atomic mass is 10.0. The molecule has 2 amide bonds. The molecule has 1 aromatic carbocycles. The van der Waals surface area contributed by atoms with E-state index in [4.69, 9.17) is 4.74 Å². The number of hydrogen-bond acceptors (Lipinski definition) is 7. The molecule has 3 atom stereocenters. The van der Waals surface area contributed by atoms with Gasteiger partial charge in [-0.15, -0.1) is 0 Å². The lowest BCUT2D eigenvalue weighted by Gasteiger charge is -2.18. The number of likely N-dealkylation sites (tertiary alicyclic amines) is 1. The minimum atomic E-state index is -1.17. The minimum Gasteiger partial charge on any atom is -0.493 e. The summed E-state index contributed by atoms with van der Waals surface area (Å²) in [4.78, 5) is 39.1. The van der Waals surface area contributed by atoms with Crippen molar-refractivity contribution < 1.29 is 24.5 Å². The zero-order valence-corrected chi connectivity index (χ0v) is 21.3. The summed E-state index contributed by atoms with van der Waals surface area (Å²) in [5.74, 6) is 0.464. The molecule has 4 N–H and O–H groups in total. The van der Waals surface area contributed by atoms with Crippen LogP contribution in [0.4, 0.5) is 0 Å². The Morgan fingerprint density at radius 1 is 1.27 bits per heavy atom. The monoisotopic (exact) mass is 507 g/mol. The van der Waals surface area contributed by atoms with Gasteiger partial charge in [0, 0.05) is 24.3 Å². The van der Waals surface area contributed by atoms with Gasteiger partial charge in [-0.1, -0.05) is 13.0 Å². The number of H-pyrrole nitrogens is 1. The van der Waals surface area contributed by atoms with Gasteiger partial charge in [-0.2, -0.15) is 0 Å². The van der Waals surface area contributed by atoms with Crippen LogP contribution >= 0.6 is 0 Å². The van der Waals surface area contributed by atoms with Gasteiger partial charge in [0.1, 0.15) is 29.4 Å². The standard InChI is InChI=1S/C27H33N5O5/c1-4-16-7-8-21(37-12-17-5-6-17)18(9-16)23-25-24(29-13-28-23)22(14(2)30-25)26(35)31-19-10-32(11-20(19)34)27(36)15(3)33/h7-9,13,15,17,19-20,30,33-34H,4-6,10-12H2,1-3H3,(H,31,35)/t15-,19+,20-/m0/s1. The van der Waals surface area contributed by atoms with Crippen LogP contribution in [0.5, 0.6) is 5.75 Å². The Morgan fingerprint density at radius 3 is 2.76 bits per heavy atom. The Labute approximate surface area is 215 Å². The Bertz CT molecular complexity index is 1330. The van der Waals surface area contributed by atoms with Gasteiger partial charge in [-0.25, -0.2) is 9.97 Å². The molecule has 1 saturated heterocycles. The number of aliphatic hydroxyl groups is 2. The molecule has 1 aliphatic carbocycles. The second-order valence-corrected chi connectivity index (χ2v) is 10.1. The quantitative estimate of drug-likeness (QED) is 0.365. The second-order valence-electron chi connectivity index (χ2n) is 10.1. The van der Waals surface area contributed by atoms with Crippen LogP contribution in [0.2, 0.25) is 0 Å². The van der Waals surface area contributed by atoms with E-state index in [0.29, 0.717) is 40.5 Å². The van der Waals surface area contributed by atoms with Crippen LogP contribution in [-0.4, -0.2) is 79.8 Å². The van der Waals surface area contributed by atoms with Crippen molar-refractivity contribution >= 4 is 22.8 Å². The molecule has 0 spiro atoms. The lowest BCUT2D eigenvalue weighted by molar-refractivity contribution is -0.138. The second kappa shape index (κ2) is 10.1. The molecule has 3 aromatic rings. The number of benzene rings is 1. The molecular formula is C27H33N5O5. The van der Waals surface area contributed by atoms with Gasteiger partial charge in [-0.05, 0) is 56.7 Å². The number of β-amino-alcohol motifs (C(OH)–C–C–N with tert-alkyl or cyclic N) is 1. The van der Waals surface area contributed by atoms with E-state index in [1.165, 1.54) is 31.0 Å². The molecule has 5 rings (SSSR count). The highest BCUT2D eigenvalue weighted by Gasteiger charge is 2.37. The molecule has 1 saturated carbocycles. The summed E-state index contributed by atoms with van der Waals surface area (Å²) < 4.78 is 6.16. The molecule has 0 unspecified atom stereocenters. The summed E-state index contributed by atoms with van der Waals surface area (Å²) in [6.07, 6.45) is 2.57. The summed E-state index contributed by atoms with van der Waals surface area (Å²) in [5, 5.41) is 22.9. The number of carbonyl (C=O) groups is 2. The third kappa shape index (κ3) is 5.03. The summed E-state index contributed by atoms with van der Waals surface area (Å²) >= 11 is 0. The summed E-state index contributed by atoms with van der Waals surface area (Å²) in [6, 6.07) is 5.45. The maximum Gasteiger partial charge on any atom is 0.255 e. The molecule has 37 heavy (non-hydrogen) atoms. The zero-order chi connectivity index (χ0) is 26.3. The van der Waals surface area contributed by atoms with Crippen LogP contribution in [0, 0.1) is 12.8 Å². The van der Waals surface area contributed by atoms with E-state index in [1.54, 1.807) is 6.92 Å². The molecule has 3 heterocycles. The topological polar surface area (TPSA) is 141 Å². The van der Waals surface area contributed by atoms with Crippen molar-refractivity contribution in [3.63, 3.8) is 0 Å². The average Bonchev–Trinajstić information content (AvgIpc) is 3.55. The van der Waals surface area contributed by atoms with E-state index in [9.17, 15) is 19.8 Å². The Hall–Kier alpha value is -3.50. The molecule has 0 radical (unpaired) electrons. The summed E-state index contributed by atoms with van der Waals surface area (Å²) in [5.41, 5.74) is 4.73. The number of amides is 2. The van der Waals surface area contributed by atoms with Gasteiger partial charge in [0.05, 0.1) is 29.8 Å². The predicted octanol–water partition coefficient (Wildman–Crippen LogP) is 1.97. The van der Waals surface area contributed by atoms with Crippen LogP contribution in [0.3, 0.4) is 0 Å². The third-order valence-corrected chi connectivity index (χ3v) is 7.15. The van der Waals surface area contributed by atoms with Crippen molar-refractivity contribution in [1.82, 2.24) is 25.2 Å². The smallest absolute Gasteiger partial charge is 0.255 e. The average molecular weight is 508 g/mol. The van der Waals surface area contributed by atoms with E-state index in [1.807, 2.05) is 6.07 Å². The highest BCUT2D eigenvalue weighted by molar-refractivity contribution is 6.09. The largest absolute Gasteiger partial charge is 0.493 e. The van der Waals surface area contributed by atoms with E-state index in [0.717, 1.165) is 23.3 Å². The first kappa shape index (κ1) is 25.2. The van der Waals surface area contributed by atoms with Gasteiger partial charge < -0.3 is 30.2 Å². The normalized spacial score (nSPS) is 20.3. The van der Waals surface area contributed by atoms with Crippen molar-refractivity contribution in [2.45, 2.75) is 58.3 Å². The number of aromatic amines is 1. The van der Waals surface area contributed by atoms with Crippen LogP contribution in [-0.2, 0) is 11.2 Å². The first-order valence-corrected chi connectivity index (χ1v) is 12.8. The van der Waals surface area contributed by atoms with Crippen LogP contribution in [0.25, 0.3) is 22.3 Å². The first-order valence-electron chi connectivity index (χ1n) is 12.8. The van der Waals surface area contributed by atoms with Crippen LogP contribution in [0.1, 0.15) is 48.3 Å². The van der Waals surface area contributed by atoms with Gasteiger partial charge in [0.15, 0.2) is 0 Å². The maximum absolute atomic E-state index is 13.4. The fourth-order valence-electron chi connectivity index (χ4n) is 4.82. The molecule has 2 aliphatic rings. The molecule has 0 bridgehead atoms. The number of carbonyl (C=O) groups excluding carboxylic acids is 2. The SMILES string of the molecule is CCc1ccc(OCC2CC2)c(-c2ncnc3c(C(=O)N[C@@H]4CN(C(=O)[C@H](C)O)C[C@@H]4O)c(C)[nH]c23)c1. The molecular weight excluding hydrogens is 474 g/mol. The highest BCUT2D eigenvalue weighted by atomic mass is 16.5.